The number of rotatable bonds is 7. The second-order valence-corrected chi connectivity index (χ2v) is 3.66. The second kappa shape index (κ2) is 7.55. The highest BCUT2D eigenvalue weighted by Gasteiger charge is 2.05. The van der Waals surface area contributed by atoms with E-state index in [0.717, 1.165) is 0 Å². The van der Waals surface area contributed by atoms with Gasteiger partial charge >= 0.3 is 5.97 Å². The number of benzene rings is 1. The van der Waals surface area contributed by atoms with Gasteiger partial charge in [-0.3, -0.25) is 4.79 Å². The molecule has 100 valence electrons. The highest BCUT2D eigenvalue weighted by molar-refractivity contribution is 5.69. The molecular formula is C13H18O5. The molecule has 0 spiro atoms. The molecule has 5 heteroatoms. The minimum absolute atomic E-state index is 0.0776. The summed E-state index contributed by atoms with van der Waals surface area (Å²) in [6, 6.07) is 5.21. The second-order valence-electron chi connectivity index (χ2n) is 3.66. The molecule has 0 unspecified atom stereocenters. The van der Waals surface area contributed by atoms with Gasteiger partial charge in [0.15, 0.2) is 0 Å². The lowest BCUT2D eigenvalue weighted by Crippen LogP contribution is -2.04. The van der Waals surface area contributed by atoms with Crippen LogP contribution in [0.3, 0.4) is 0 Å². The van der Waals surface area contributed by atoms with Gasteiger partial charge in [0.2, 0.25) is 0 Å². The first-order chi connectivity index (χ1) is 8.71. The minimum Gasteiger partial charge on any atom is -0.496 e. The highest BCUT2D eigenvalue weighted by atomic mass is 16.5. The van der Waals surface area contributed by atoms with Crippen molar-refractivity contribution in [3.8, 4) is 11.5 Å². The van der Waals surface area contributed by atoms with Crippen molar-refractivity contribution in [2.45, 2.75) is 19.4 Å². The van der Waals surface area contributed by atoms with E-state index < -0.39 is 0 Å². The number of hydrogen-bond acceptors (Lipinski definition) is 5. The van der Waals surface area contributed by atoms with Crippen LogP contribution in [0.25, 0.3) is 0 Å². The zero-order chi connectivity index (χ0) is 13.4. The molecule has 0 saturated heterocycles. The van der Waals surface area contributed by atoms with E-state index in [9.17, 15) is 4.79 Å². The van der Waals surface area contributed by atoms with Crippen molar-refractivity contribution in [1.29, 1.82) is 0 Å². The molecule has 0 atom stereocenters. The molecule has 1 N–H and O–H groups in total. The average molecular weight is 254 g/mol. The molecule has 5 nitrogen and oxygen atoms in total. The molecule has 0 bridgehead atoms. The van der Waals surface area contributed by atoms with Crippen molar-refractivity contribution in [3.63, 3.8) is 0 Å². The summed E-state index contributed by atoms with van der Waals surface area (Å²) in [6.07, 6.45) is 0.930. The summed E-state index contributed by atoms with van der Waals surface area (Å²) >= 11 is 0. The number of carbonyl (C=O) groups is 1. The maximum atomic E-state index is 10.9. The Hall–Kier alpha value is -1.75. The fourth-order valence-corrected chi connectivity index (χ4v) is 1.45. The Morgan fingerprint density at radius 3 is 2.72 bits per heavy atom. The van der Waals surface area contributed by atoms with Gasteiger partial charge in [-0.15, -0.1) is 0 Å². The zero-order valence-corrected chi connectivity index (χ0v) is 10.6. The molecule has 0 heterocycles. The van der Waals surface area contributed by atoms with E-state index in [1.54, 1.807) is 18.2 Å². The van der Waals surface area contributed by atoms with Gasteiger partial charge in [0.25, 0.3) is 0 Å². The van der Waals surface area contributed by atoms with Crippen LogP contribution in [0.1, 0.15) is 18.4 Å². The number of hydrogen-bond donors (Lipinski definition) is 1. The number of esters is 1. The normalized spacial score (nSPS) is 9.94. The summed E-state index contributed by atoms with van der Waals surface area (Å²) in [5, 5.41) is 9.07. The van der Waals surface area contributed by atoms with Crippen LogP contribution < -0.4 is 9.47 Å². The van der Waals surface area contributed by atoms with E-state index in [2.05, 4.69) is 4.74 Å². The molecule has 0 radical (unpaired) electrons. The van der Waals surface area contributed by atoms with Crippen molar-refractivity contribution < 1.29 is 24.1 Å². The van der Waals surface area contributed by atoms with Crippen LogP contribution in [0.4, 0.5) is 0 Å². The van der Waals surface area contributed by atoms with E-state index in [0.29, 0.717) is 36.5 Å². The third kappa shape index (κ3) is 4.25. The molecule has 0 saturated carbocycles. The molecule has 1 aromatic rings. The summed E-state index contributed by atoms with van der Waals surface area (Å²) in [6.45, 7) is 0.350. The summed E-state index contributed by atoms with van der Waals surface area (Å²) in [5.74, 6) is 0.990. The van der Waals surface area contributed by atoms with Crippen LogP contribution in [-0.4, -0.2) is 31.9 Å². The fraction of sp³-hybridized carbons (Fsp3) is 0.462. The lowest BCUT2D eigenvalue weighted by atomic mass is 10.2. The fourth-order valence-electron chi connectivity index (χ4n) is 1.45. The first kappa shape index (κ1) is 14.3. The molecular weight excluding hydrogens is 236 g/mol. The first-order valence-electron chi connectivity index (χ1n) is 5.68. The van der Waals surface area contributed by atoms with Crippen LogP contribution in [0, 0.1) is 0 Å². The van der Waals surface area contributed by atoms with Gasteiger partial charge in [-0.25, -0.2) is 0 Å². The number of methoxy groups -OCH3 is 2. The summed E-state index contributed by atoms with van der Waals surface area (Å²) < 4.78 is 15.1. The van der Waals surface area contributed by atoms with Crippen LogP contribution in [-0.2, 0) is 16.1 Å². The SMILES string of the molecule is COC(=O)CCCOc1ccc(CO)c(OC)c1. The van der Waals surface area contributed by atoms with Crippen LogP contribution in [0.2, 0.25) is 0 Å². The van der Waals surface area contributed by atoms with E-state index in [-0.39, 0.29) is 12.6 Å². The van der Waals surface area contributed by atoms with E-state index in [4.69, 9.17) is 14.6 Å². The molecule has 1 aromatic carbocycles. The third-order valence-corrected chi connectivity index (χ3v) is 2.45. The quantitative estimate of drug-likeness (QED) is 0.590. The van der Waals surface area contributed by atoms with E-state index >= 15 is 0 Å². The molecule has 18 heavy (non-hydrogen) atoms. The van der Waals surface area contributed by atoms with Crippen LogP contribution >= 0.6 is 0 Å². The number of aliphatic hydroxyl groups excluding tert-OH is 1. The summed E-state index contributed by atoms with van der Waals surface area (Å²) in [7, 11) is 2.90. The Bertz CT molecular complexity index is 389. The van der Waals surface area contributed by atoms with Gasteiger partial charge in [0, 0.05) is 18.1 Å². The Labute approximate surface area is 106 Å². The molecule has 0 amide bonds. The van der Waals surface area contributed by atoms with Gasteiger partial charge in [0.1, 0.15) is 11.5 Å². The van der Waals surface area contributed by atoms with Gasteiger partial charge < -0.3 is 19.3 Å². The zero-order valence-electron chi connectivity index (χ0n) is 10.6. The van der Waals surface area contributed by atoms with Crippen molar-refractivity contribution in [2.24, 2.45) is 0 Å². The summed E-state index contributed by atoms with van der Waals surface area (Å²) in [5.41, 5.74) is 0.708. The standard InChI is InChI=1S/C13H18O5/c1-16-12-8-11(6-5-10(12)9-14)18-7-3-4-13(15)17-2/h5-6,8,14H,3-4,7,9H2,1-2H3. The maximum Gasteiger partial charge on any atom is 0.305 e. The van der Waals surface area contributed by atoms with Crippen LogP contribution in [0.15, 0.2) is 18.2 Å². The molecule has 0 aliphatic carbocycles. The Balaban J connectivity index is 2.45. The van der Waals surface area contributed by atoms with Crippen molar-refractivity contribution in [3.05, 3.63) is 23.8 Å². The smallest absolute Gasteiger partial charge is 0.305 e. The van der Waals surface area contributed by atoms with Gasteiger partial charge in [-0.2, -0.15) is 0 Å². The lowest BCUT2D eigenvalue weighted by Gasteiger charge is -2.10. The Morgan fingerprint density at radius 1 is 1.33 bits per heavy atom. The van der Waals surface area contributed by atoms with E-state index in [1.807, 2.05) is 0 Å². The van der Waals surface area contributed by atoms with Gasteiger partial charge in [-0.05, 0) is 18.6 Å². The third-order valence-electron chi connectivity index (χ3n) is 2.45. The van der Waals surface area contributed by atoms with Gasteiger partial charge in [0.05, 0.1) is 27.4 Å². The molecule has 0 aliphatic rings. The number of carbonyl (C=O) groups excluding carboxylic acids is 1. The molecule has 0 aromatic heterocycles. The predicted octanol–water partition coefficient (Wildman–Crippen LogP) is 1.52. The van der Waals surface area contributed by atoms with Crippen LogP contribution in [0.5, 0.6) is 11.5 Å². The maximum absolute atomic E-state index is 10.9. The number of aliphatic hydroxyl groups is 1. The largest absolute Gasteiger partial charge is 0.496 e. The summed E-state index contributed by atoms with van der Waals surface area (Å²) in [4.78, 5) is 10.9. The van der Waals surface area contributed by atoms with Crippen molar-refractivity contribution >= 4 is 5.97 Å². The molecule has 0 aliphatic heterocycles. The predicted molar refractivity (Wildman–Crippen MR) is 65.7 cm³/mol. The van der Waals surface area contributed by atoms with Crippen molar-refractivity contribution in [1.82, 2.24) is 0 Å². The number of ether oxygens (including phenoxy) is 3. The average Bonchev–Trinajstić information content (AvgIpc) is 2.42. The Morgan fingerprint density at radius 2 is 2.11 bits per heavy atom. The monoisotopic (exact) mass is 254 g/mol. The molecule has 0 fully saturated rings. The first-order valence-corrected chi connectivity index (χ1v) is 5.68. The van der Waals surface area contributed by atoms with E-state index in [1.165, 1.54) is 14.2 Å². The van der Waals surface area contributed by atoms with Gasteiger partial charge in [-0.1, -0.05) is 0 Å². The highest BCUT2D eigenvalue weighted by Crippen LogP contribution is 2.24. The topological polar surface area (TPSA) is 65.0 Å². The van der Waals surface area contributed by atoms with Crippen molar-refractivity contribution in [2.75, 3.05) is 20.8 Å². The molecule has 1 rings (SSSR count). The Kier molecular flexibility index (Phi) is 6.00. The lowest BCUT2D eigenvalue weighted by molar-refractivity contribution is -0.140. The minimum atomic E-state index is -0.244.